The van der Waals surface area contributed by atoms with Crippen molar-refractivity contribution in [3.63, 3.8) is 0 Å². The first-order valence-corrected chi connectivity index (χ1v) is 13.7. The largest absolute Gasteiger partial charge is 0.462 e. The van der Waals surface area contributed by atoms with Crippen molar-refractivity contribution in [1.29, 1.82) is 0 Å². The predicted octanol–water partition coefficient (Wildman–Crippen LogP) is 5.85. The molecule has 0 saturated carbocycles. The Hall–Kier alpha value is -3.52. The van der Waals surface area contributed by atoms with Crippen LogP contribution in [0.5, 0.6) is 5.75 Å². The number of hydrogen-bond donors (Lipinski definition) is 1. The zero-order chi connectivity index (χ0) is 27.6. The Morgan fingerprint density at radius 3 is 1.50 bits per heavy atom. The fourth-order valence-corrected chi connectivity index (χ4v) is 4.74. The van der Waals surface area contributed by atoms with Crippen LogP contribution >= 0.6 is 0 Å². The number of ether oxygens (including phenoxy) is 5. The van der Waals surface area contributed by atoms with Gasteiger partial charge in [-0.05, 0) is 35.7 Å². The van der Waals surface area contributed by atoms with Gasteiger partial charge >= 0.3 is 0 Å². The Morgan fingerprint density at radius 1 is 0.575 bits per heavy atom. The van der Waals surface area contributed by atoms with Crippen molar-refractivity contribution >= 4 is 0 Å². The SMILES string of the molecule is Cc1ccc(O[C@H]2OC(CO)[C@@H](OCc3ccccc3)[C@H](OCc3ccccc3)C2OCc2ccccc2)cc1. The summed E-state index contributed by atoms with van der Waals surface area (Å²) in [5.41, 5.74) is 4.18. The van der Waals surface area contributed by atoms with Gasteiger partial charge in [-0.1, -0.05) is 109 Å². The van der Waals surface area contributed by atoms with E-state index in [9.17, 15) is 5.11 Å². The highest BCUT2D eigenvalue weighted by atomic mass is 16.7. The molecule has 0 spiro atoms. The second-order valence-electron chi connectivity index (χ2n) is 9.94. The molecule has 0 amide bonds. The second-order valence-corrected chi connectivity index (χ2v) is 9.94. The molecule has 1 aliphatic heterocycles. The van der Waals surface area contributed by atoms with Crippen LogP contribution in [-0.2, 0) is 38.8 Å². The second kappa shape index (κ2) is 14.2. The molecule has 0 radical (unpaired) electrons. The van der Waals surface area contributed by atoms with E-state index < -0.39 is 30.7 Å². The van der Waals surface area contributed by atoms with E-state index in [0.717, 1.165) is 22.3 Å². The van der Waals surface area contributed by atoms with Crippen LogP contribution < -0.4 is 4.74 Å². The lowest BCUT2D eigenvalue weighted by Gasteiger charge is -2.45. The topological polar surface area (TPSA) is 66.4 Å². The van der Waals surface area contributed by atoms with Crippen LogP contribution in [0.3, 0.4) is 0 Å². The van der Waals surface area contributed by atoms with E-state index in [0.29, 0.717) is 25.6 Å². The molecule has 208 valence electrons. The van der Waals surface area contributed by atoms with E-state index >= 15 is 0 Å². The summed E-state index contributed by atoms with van der Waals surface area (Å²) >= 11 is 0. The van der Waals surface area contributed by atoms with Gasteiger partial charge in [0.2, 0.25) is 6.29 Å². The summed E-state index contributed by atoms with van der Waals surface area (Å²) in [5, 5.41) is 10.4. The lowest BCUT2D eigenvalue weighted by Crippen LogP contribution is -2.62. The third-order valence-electron chi connectivity index (χ3n) is 6.90. The molecule has 0 aromatic heterocycles. The quantitative estimate of drug-likeness (QED) is 0.243. The normalized spacial score (nSPS) is 22.6. The van der Waals surface area contributed by atoms with E-state index in [1.807, 2.05) is 122 Å². The van der Waals surface area contributed by atoms with Crippen LogP contribution in [0, 0.1) is 6.92 Å². The van der Waals surface area contributed by atoms with Crippen molar-refractivity contribution in [3.8, 4) is 5.75 Å². The minimum atomic E-state index is -0.832. The van der Waals surface area contributed by atoms with Crippen molar-refractivity contribution in [3.05, 3.63) is 138 Å². The van der Waals surface area contributed by atoms with Crippen molar-refractivity contribution in [2.24, 2.45) is 0 Å². The molecule has 1 N–H and O–H groups in total. The van der Waals surface area contributed by atoms with Gasteiger partial charge in [-0.15, -0.1) is 0 Å². The molecule has 6 nitrogen and oxygen atoms in total. The van der Waals surface area contributed by atoms with Crippen LogP contribution in [0.1, 0.15) is 22.3 Å². The summed E-state index contributed by atoms with van der Waals surface area (Å²) in [4.78, 5) is 0. The van der Waals surface area contributed by atoms with Gasteiger partial charge in [0.25, 0.3) is 0 Å². The summed E-state index contributed by atoms with van der Waals surface area (Å²) in [6, 6.07) is 37.6. The molecule has 4 aromatic carbocycles. The maximum absolute atomic E-state index is 10.4. The first-order chi connectivity index (χ1) is 19.7. The predicted molar refractivity (Wildman–Crippen MR) is 153 cm³/mol. The Kier molecular flexibility index (Phi) is 9.96. The number of benzene rings is 4. The third-order valence-corrected chi connectivity index (χ3v) is 6.90. The maximum atomic E-state index is 10.4. The molecule has 0 bridgehead atoms. The number of hydrogen-bond acceptors (Lipinski definition) is 6. The zero-order valence-corrected chi connectivity index (χ0v) is 22.7. The molecule has 4 aromatic rings. The van der Waals surface area contributed by atoms with E-state index in [4.69, 9.17) is 23.7 Å². The summed E-state index contributed by atoms with van der Waals surface area (Å²) in [6.07, 6.45) is -3.35. The van der Waals surface area contributed by atoms with Gasteiger partial charge in [0.05, 0.1) is 26.4 Å². The Labute approximate surface area is 236 Å². The fourth-order valence-electron chi connectivity index (χ4n) is 4.74. The first-order valence-electron chi connectivity index (χ1n) is 13.7. The van der Waals surface area contributed by atoms with E-state index in [-0.39, 0.29) is 6.61 Å². The summed E-state index contributed by atoms with van der Waals surface area (Å²) in [5.74, 6) is 0.645. The average molecular weight is 541 g/mol. The maximum Gasteiger partial charge on any atom is 0.229 e. The highest BCUT2D eigenvalue weighted by molar-refractivity contribution is 5.26. The Morgan fingerprint density at radius 2 is 1.02 bits per heavy atom. The van der Waals surface area contributed by atoms with Crippen LogP contribution in [-0.4, -0.2) is 42.4 Å². The standard InChI is InChI=1S/C34H36O6/c1-25-17-19-29(20-18-25)39-34-33(38-24-28-15-9-4-10-16-28)32(37-23-27-13-7-3-8-14-27)31(30(21-35)40-34)36-22-26-11-5-2-6-12-26/h2-20,30-35H,21-24H2,1H3/t30?,31-,32+,33?,34+/m1/s1. The van der Waals surface area contributed by atoms with Crippen LogP contribution in [0.4, 0.5) is 0 Å². The molecule has 6 heteroatoms. The van der Waals surface area contributed by atoms with Crippen LogP contribution in [0.25, 0.3) is 0 Å². The third kappa shape index (κ3) is 7.56. The molecule has 5 atom stereocenters. The van der Waals surface area contributed by atoms with E-state index in [2.05, 4.69) is 0 Å². The number of rotatable bonds is 12. The molecule has 2 unspecified atom stereocenters. The average Bonchev–Trinajstić information content (AvgIpc) is 3.01. The van der Waals surface area contributed by atoms with Crippen LogP contribution in [0.15, 0.2) is 115 Å². The molecule has 1 saturated heterocycles. The highest BCUT2D eigenvalue weighted by Gasteiger charge is 2.49. The van der Waals surface area contributed by atoms with Gasteiger partial charge in [-0.2, -0.15) is 0 Å². The van der Waals surface area contributed by atoms with Gasteiger partial charge in [0.15, 0.2) is 0 Å². The summed E-state index contributed by atoms with van der Waals surface area (Å²) < 4.78 is 32.2. The Bertz CT molecular complexity index is 1270. The minimum Gasteiger partial charge on any atom is -0.462 e. The molecule has 1 heterocycles. The van der Waals surface area contributed by atoms with Gasteiger partial charge in [0.1, 0.15) is 30.2 Å². The summed E-state index contributed by atoms with van der Waals surface area (Å²) in [7, 11) is 0. The van der Waals surface area contributed by atoms with Crippen molar-refractivity contribution in [2.45, 2.75) is 57.5 Å². The van der Waals surface area contributed by atoms with Crippen LogP contribution in [0.2, 0.25) is 0 Å². The molecule has 1 fully saturated rings. The smallest absolute Gasteiger partial charge is 0.229 e. The Balaban J connectivity index is 1.44. The van der Waals surface area contributed by atoms with Gasteiger partial charge in [-0.25, -0.2) is 0 Å². The molecular weight excluding hydrogens is 504 g/mol. The van der Waals surface area contributed by atoms with Crippen molar-refractivity contribution < 1.29 is 28.8 Å². The molecular formula is C34H36O6. The zero-order valence-electron chi connectivity index (χ0n) is 22.7. The van der Waals surface area contributed by atoms with Crippen molar-refractivity contribution in [2.75, 3.05) is 6.61 Å². The number of aliphatic hydroxyl groups excluding tert-OH is 1. The fraction of sp³-hybridized carbons (Fsp3) is 0.294. The first kappa shape index (κ1) is 28.0. The summed E-state index contributed by atoms with van der Waals surface area (Å²) in [6.45, 7) is 2.78. The monoisotopic (exact) mass is 540 g/mol. The molecule has 5 rings (SSSR count). The lowest BCUT2D eigenvalue weighted by atomic mass is 9.97. The van der Waals surface area contributed by atoms with E-state index in [1.54, 1.807) is 0 Å². The molecule has 40 heavy (non-hydrogen) atoms. The van der Waals surface area contributed by atoms with Gasteiger partial charge in [-0.3, -0.25) is 0 Å². The molecule has 0 aliphatic carbocycles. The number of aryl methyl sites for hydroxylation is 1. The van der Waals surface area contributed by atoms with Crippen molar-refractivity contribution in [1.82, 2.24) is 0 Å². The lowest BCUT2D eigenvalue weighted by molar-refractivity contribution is -0.308. The van der Waals surface area contributed by atoms with Gasteiger partial charge < -0.3 is 28.8 Å². The van der Waals surface area contributed by atoms with E-state index in [1.165, 1.54) is 0 Å². The molecule has 1 aliphatic rings. The number of aliphatic hydroxyl groups is 1. The highest BCUT2D eigenvalue weighted by Crippen LogP contribution is 2.32. The minimum absolute atomic E-state index is 0.260. The van der Waals surface area contributed by atoms with Gasteiger partial charge in [0, 0.05) is 0 Å².